The highest BCUT2D eigenvalue weighted by atomic mass is 32.2. The van der Waals surface area contributed by atoms with Gasteiger partial charge in [0.25, 0.3) is 0 Å². The number of hydrogen-bond donors (Lipinski definition) is 0. The normalized spacial score (nSPS) is 26.4. The molecule has 1 aromatic rings. The Morgan fingerprint density at radius 3 is 2.55 bits per heavy atom. The summed E-state index contributed by atoms with van der Waals surface area (Å²) in [6.07, 6.45) is 1.87. The first-order valence-corrected chi connectivity index (χ1v) is 11.4. The number of benzene rings is 1. The van der Waals surface area contributed by atoms with E-state index in [2.05, 4.69) is 0 Å². The Kier molecular flexibility index (Phi) is 6.65. The Balaban J connectivity index is 1.77. The van der Waals surface area contributed by atoms with Crippen LogP contribution in [0.2, 0.25) is 0 Å². The molecule has 3 unspecified atom stereocenters. The Bertz CT molecular complexity index is 832. The van der Waals surface area contributed by atoms with E-state index in [1.54, 1.807) is 11.0 Å². The van der Waals surface area contributed by atoms with Gasteiger partial charge in [-0.05, 0) is 38.7 Å². The van der Waals surface area contributed by atoms with Gasteiger partial charge in [0.2, 0.25) is 10.0 Å². The SMILES string of the molecule is CC(C)(C)OC(=O)N1CC2CC=CS(=O)(=O)N(C2)C(COCc2ccccc2)C1. The zero-order valence-electron chi connectivity index (χ0n) is 17.3. The number of amides is 1. The van der Waals surface area contributed by atoms with E-state index >= 15 is 0 Å². The van der Waals surface area contributed by atoms with Gasteiger partial charge in [0.1, 0.15) is 5.60 Å². The van der Waals surface area contributed by atoms with Crippen LogP contribution in [-0.4, -0.2) is 61.6 Å². The molecular formula is C21H30N2O5S. The fourth-order valence-corrected chi connectivity index (χ4v) is 5.07. The van der Waals surface area contributed by atoms with Crippen molar-refractivity contribution >= 4 is 16.1 Å². The van der Waals surface area contributed by atoms with Crippen LogP contribution < -0.4 is 0 Å². The fourth-order valence-electron chi connectivity index (χ4n) is 3.60. The molecule has 0 saturated carbocycles. The quantitative estimate of drug-likeness (QED) is 0.746. The topological polar surface area (TPSA) is 76.2 Å². The zero-order valence-corrected chi connectivity index (χ0v) is 18.1. The molecule has 0 aliphatic carbocycles. The van der Waals surface area contributed by atoms with Crippen LogP contribution in [0.5, 0.6) is 0 Å². The number of fused-ring (bicyclic) bond motifs is 2. The molecule has 7 nitrogen and oxygen atoms in total. The second-order valence-electron chi connectivity index (χ2n) is 8.63. The minimum atomic E-state index is -3.55. The third-order valence-electron chi connectivity index (χ3n) is 4.89. The van der Waals surface area contributed by atoms with Crippen LogP contribution in [0.15, 0.2) is 41.8 Å². The second kappa shape index (κ2) is 8.85. The lowest BCUT2D eigenvalue weighted by Gasteiger charge is -2.31. The third-order valence-corrected chi connectivity index (χ3v) is 6.53. The Labute approximate surface area is 173 Å². The number of rotatable bonds is 4. The largest absolute Gasteiger partial charge is 0.444 e. The zero-order chi connectivity index (χ0) is 21.1. The van der Waals surface area contributed by atoms with Crippen molar-refractivity contribution in [2.24, 2.45) is 5.92 Å². The van der Waals surface area contributed by atoms with Crippen molar-refractivity contribution in [2.75, 3.05) is 26.2 Å². The van der Waals surface area contributed by atoms with Gasteiger partial charge in [-0.3, -0.25) is 0 Å². The average molecular weight is 423 g/mol. The molecule has 0 spiro atoms. The van der Waals surface area contributed by atoms with Gasteiger partial charge in [0, 0.05) is 25.0 Å². The highest BCUT2D eigenvalue weighted by molar-refractivity contribution is 7.92. The van der Waals surface area contributed by atoms with E-state index < -0.39 is 27.8 Å². The number of carbonyl (C=O) groups is 1. The first-order chi connectivity index (χ1) is 13.6. The summed E-state index contributed by atoms with van der Waals surface area (Å²) < 4.78 is 38.4. The summed E-state index contributed by atoms with van der Waals surface area (Å²) in [5.74, 6) is 0.0233. The lowest BCUT2D eigenvalue weighted by molar-refractivity contribution is 0.0177. The molecule has 3 rings (SSSR count). The van der Waals surface area contributed by atoms with Gasteiger partial charge in [-0.1, -0.05) is 36.4 Å². The van der Waals surface area contributed by atoms with Crippen molar-refractivity contribution in [1.82, 2.24) is 9.21 Å². The third kappa shape index (κ3) is 6.04. The standard InChI is InChI=1S/C21H30N2O5S/c1-21(2,3)28-20(24)22-12-18-10-7-11-29(25,26)23(13-18)19(14-22)16-27-15-17-8-5-4-6-9-17/h4-9,11,18-19H,10,12-16H2,1-3H3. The summed E-state index contributed by atoms with van der Waals surface area (Å²) in [7, 11) is -3.55. The molecule has 8 heteroatoms. The van der Waals surface area contributed by atoms with Gasteiger partial charge in [-0.2, -0.15) is 4.31 Å². The number of hydrogen-bond acceptors (Lipinski definition) is 5. The van der Waals surface area contributed by atoms with Gasteiger partial charge >= 0.3 is 6.09 Å². The molecular weight excluding hydrogens is 392 g/mol. The molecule has 160 valence electrons. The molecule has 29 heavy (non-hydrogen) atoms. The molecule has 0 radical (unpaired) electrons. The van der Waals surface area contributed by atoms with Gasteiger partial charge in [0.15, 0.2) is 0 Å². The monoisotopic (exact) mass is 422 g/mol. The molecule has 0 aromatic heterocycles. The molecule has 2 aliphatic heterocycles. The molecule has 2 aliphatic rings. The molecule has 1 fully saturated rings. The molecule has 0 N–H and O–H groups in total. The van der Waals surface area contributed by atoms with Crippen LogP contribution in [0.1, 0.15) is 32.8 Å². The van der Waals surface area contributed by atoms with Crippen LogP contribution in [0.3, 0.4) is 0 Å². The van der Waals surface area contributed by atoms with E-state index in [1.807, 2.05) is 51.1 Å². The van der Waals surface area contributed by atoms with Crippen LogP contribution in [0, 0.1) is 5.92 Å². The Hall–Kier alpha value is -1.90. The fraction of sp³-hybridized carbons (Fsp3) is 0.571. The van der Waals surface area contributed by atoms with Crippen LogP contribution in [-0.2, 0) is 26.1 Å². The lowest BCUT2D eigenvalue weighted by atomic mass is 10.1. The van der Waals surface area contributed by atoms with E-state index in [0.717, 1.165) is 5.56 Å². The summed E-state index contributed by atoms with van der Waals surface area (Å²) >= 11 is 0. The van der Waals surface area contributed by atoms with Gasteiger partial charge in [-0.25, -0.2) is 13.2 Å². The predicted octanol–water partition coefficient (Wildman–Crippen LogP) is 2.99. The molecule has 1 saturated heterocycles. The van der Waals surface area contributed by atoms with Crippen LogP contribution in [0.25, 0.3) is 0 Å². The van der Waals surface area contributed by atoms with E-state index in [0.29, 0.717) is 26.1 Å². The van der Waals surface area contributed by atoms with Gasteiger partial charge < -0.3 is 14.4 Å². The van der Waals surface area contributed by atoms with Crippen molar-refractivity contribution in [1.29, 1.82) is 0 Å². The van der Waals surface area contributed by atoms with Crippen molar-refractivity contribution in [2.45, 2.75) is 45.4 Å². The number of nitrogens with zero attached hydrogens (tertiary/aromatic N) is 2. The van der Waals surface area contributed by atoms with Crippen LogP contribution in [0.4, 0.5) is 4.79 Å². The lowest BCUT2D eigenvalue weighted by Crippen LogP contribution is -2.48. The highest BCUT2D eigenvalue weighted by Gasteiger charge is 2.39. The number of allylic oxidation sites excluding steroid dienone is 1. The minimum absolute atomic E-state index is 0.0233. The summed E-state index contributed by atoms with van der Waals surface area (Å²) in [5, 5.41) is 1.28. The minimum Gasteiger partial charge on any atom is -0.444 e. The Morgan fingerprint density at radius 1 is 1.14 bits per heavy atom. The van der Waals surface area contributed by atoms with Gasteiger partial charge in [0.05, 0.1) is 19.3 Å². The van der Waals surface area contributed by atoms with E-state index in [1.165, 1.54) is 9.71 Å². The molecule has 2 bridgehead atoms. The summed E-state index contributed by atoms with van der Waals surface area (Å²) in [6, 6.07) is 9.25. The molecule has 1 aromatic carbocycles. The average Bonchev–Trinajstić information content (AvgIpc) is 2.90. The maximum atomic E-state index is 12.8. The second-order valence-corrected chi connectivity index (χ2v) is 10.4. The number of carbonyl (C=O) groups excluding carboxylic acids is 1. The number of ether oxygens (including phenoxy) is 2. The smallest absolute Gasteiger partial charge is 0.410 e. The maximum absolute atomic E-state index is 12.8. The number of sulfonamides is 1. The first-order valence-electron chi connectivity index (χ1n) is 9.92. The molecule has 1 amide bonds. The predicted molar refractivity (Wildman–Crippen MR) is 111 cm³/mol. The van der Waals surface area contributed by atoms with Crippen molar-refractivity contribution in [3.63, 3.8) is 0 Å². The van der Waals surface area contributed by atoms with Crippen molar-refractivity contribution in [3.05, 3.63) is 47.4 Å². The molecule has 2 heterocycles. The van der Waals surface area contributed by atoms with Crippen molar-refractivity contribution in [3.8, 4) is 0 Å². The highest BCUT2D eigenvalue weighted by Crippen LogP contribution is 2.26. The maximum Gasteiger partial charge on any atom is 0.410 e. The van der Waals surface area contributed by atoms with E-state index in [9.17, 15) is 13.2 Å². The molecule has 3 atom stereocenters. The van der Waals surface area contributed by atoms with Gasteiger partial charge in [-0.15, -0.1) is 0 Å². The summed E-state index contributed by atoms with van der Waals surface area (Å²) in [5.41, 5.74) is 0.405. The first kappa shape index (κ1) is 21.8. The summed E-state index contributed by atoms with van der Waals surface area (Å²) in [6.45, 7) is 7.13. The van der Waals surface area contributed by atoms with E-state index in [-0.39, 0.29) is 19.1 Å². The summed E-state index contributed by atoms with van der Waals surface area (Å²) in [4.78, 5) is 14.3. The van der Waals surface area contributed by atoms with E-state index in [4.69, 9.17) is 9.47 Å². The van der Waals surface area contributed by atoms with Crippen molar-refractivity contribution < 1.29 is 22.7 Å². The Morgan fingerprint density at radius 2 is 1.86 bits per heavy atom. The van der Waals surface area contributed by atoms with Crippen LogP contribution >= 0.6 is 0 Å².